The van der Waals surface area contributed by atoms with Crippen LogP contribution in [0.1, 0.15) is 26.7 Å². The van der Waals surface area contributed by atoms with E-state index in [2.05, 4.69) is 35.1 Å². The molecule has 0 aromatic heterocycles. The molecule has 0 spiro atoms. The maximum absolute atomic E-state index is 5.91. The number of hydrogen-bond donors (Lipinski definition) is 1. The number of hydrogen-bond acceptors (Lipinski definition) is 3. The zero-order valence-corrected chi connectivity index (χ0v) is 13.4. The first kappa shape index (κ1) is 14.7. The lowest BCUT2D eigenvalue weighted by molar-refractivity contribution is 0.175. The fourth-order valence-corrected chi connectivity index (χ4v) is 2.23. The maximum atomic E-state index is 5.91. The van der Waals surface area contributed by atoms with Crippen molar-refractivity contribution in [1.29, 1.82) is 0 Å². The van der Waals surface area contributed by atoms with Crippen molar-refractivity contribution in [3.8, 4) is 11.5 Å². The SMILES string of the molecule is COc1ccc(OCC(C)(C)CNC2CC2)c(Br)c1. The molecule has 1 aliphatic carbocycles. The molecule has 0 heterocycles. The summed E-state index contributed by atoms with van der Waals surface area (Å²) in [6.45, 7) is 6.13. The summed E-state index contributed by atoms with van der Waals surface area (Å²) in [5.41, 5.74) is 0.127. The molecule has 19 heavy (non-hydrogen) atoms. The lowest BCUT2D eigenvalue weighted by atomic mass is 9.95. The maximum Gasteiger partial charge on any atom is 0.133 e. The van der Waals surface area contributed by atoms with E-state index in [0.717, 1.165) is 28.6 Å². The quantitative estimate of drug-likeness (QED) is 0.829. The molecule has 1 fully saturated rings. The second-order valence-corrected chi connectivity index (χ2v) is 6.76. The van der Waals surface area contributed by atoms with Crippen molar-refractivity contribution in [2.24, 2.45) is 5.41 Å². The van der Waals surface area contributed by atoms with Crippen LogP contribution in [-0.4, -0.2) is 26.3 Å². The van der Waals surface area contributed by atoms with Gasteiger partial charge in [-0.25, -0.2) is 0 Å². The first-order valence-electron chi connectivity index (χ1n) is 6.70. The van der Waals surface area contributed by atoms with E-state index in [-0.39, 0.29) is 5.41 Å². The van der Waals surface area contributed by atoms with Crippen LogP contribution in [0.25, 0.3) is 0 Å². The molecule has 0 amide bonds. The minimum atomic E-state index is 0.127. The lowest BCUT2D eigenvalue weighted by Gasteiger charge is -2.25. The zero-order chi connectivity index (χ0) is 13.9. The predicted octanol–water partition coefficient (Wildman–Crippen LogP) is 3.61. The van der Waals surface area contributed by atoms with Crippen molar-refractivity contribution < 1.29 is 9.47 Å². The molecule has 0 saturated heterocycles. The standard InChI is InChI=1S/C15H22BrNO2/c1-15(2,9-17-11-4-5-11)10-19-14-7-6-12(18-3)8-13(14)16/h6-8,11,17H,4-5,9-10H2,1-3H3. The molecule has 1 aliphatic rings. The average molecular weight is 328 g/mol. The van der Waals surface area contributed by atoms with Gasteiger partial charge in [0.15, 0.2) is 0 Å². The molecule has 0 unspecified atom stereocenters. The lowest BCUT2D eigenvalue weighted by Crippen LogP contribution is -2.35. The van der Waals surface area contributed by atoms with Gasteiger partial charge < -0.3 is 14.8 Å². The van der Waals surface area contributed by atoms with Crippen molar-refractivity contribution in [2.75, 3.05) is 20.3 Å². The van der Waals surface area contributed by atoms with Gasteiger partial charge in [0.1, 0.15) is 11.5 Å². The Labute approximate surface area is 123 Å². The summed E-state index contributed by atoms with van der Waals surface area (Å²) in [4.78, 5) is 0. The molecule has 0 atom stereocenters. The number of rotatable bonds is 7. The summed E-state index contributed by atoms with van der Waals surface area (Å²) in [6.07, 6.45) is 2.64. The molecule has 0 aliphatic heterocycles. The molecule has 0 bridgehead atoms. The van der Waals surface area contributed by atoms with Crippen LogP contribution in [0.2, 0.25) is 0 Å². The van der Waals surface area contributed by atoms with Gasteiger partial charge >= 0.3 is 0 Å². The Morgan fingerprint density at radius 1 is 1.37 bits per heavy atom. The van der Waals surface area contributed by atoms with Crippen LogP contribution in [0.3, 0.4) is 0 Å². The van der Waals surface area contributed by atoms with Crippen molar-refractivity contribution in [3.63, 3.8) is 0 Å². The molecule has 1 aromatic rings. The van der Waals surface area contributed by atoms with Crippen molar-refractivity contribution in [2.45, 2.75) is 32.7 Å². The molecule has 2 rings (SSSR count). The van der Waals surface area contributed by atoms with Gasteiger partial charge in [-0.3, -0.25) is 0 Å². The monoisotopic (exact) mass is 327 g/mol. The molecule has 4 heteroatoms. The van der Waals surface area contributed by atoms with Crippen LogP contribution in [0, 0.1) is 5.41 Å². The number of benzene rings is 1. The van der Waals surface area contributed by atoms with E-state index >= 15 is 0 Å². The Kier molecular flexibility index (Phi) is 4.74. The third kappa shape index (κ3) is 4.69. The molecule has 1 aromatic carbocycles. The van der Waals surface area contributed by atoms with Gasteiger partial charge in [-0.1, -0.05) is 13.8 Å². The molecule has 3 nitrogen and oxygen atoms in total. The van der Waals surface area contributed by atoms with E-state index in [4.69, 9.17) is 9.47 Å². The van der Waals surface area contributed by atoms with Crippen molar-refractivity contribution in [3.05, 3.63) is 22.7 Å². The fraction of sp³-hybridized carbons (Fsp3) is 0.600. The van der Waals surface area contributed by atoms with Crippen LogP contribution >= 0.6 is 15.9 Å². The minimum Gasteiger partial charge on any atom is -0.497 e. The second kappa shape index (κ2) is 6.14. The predicted molar refractivity (Wildman–Crippen MR) is 81.0 cm³/mol. The molecular weight excluding hydrogens is 306 g/mol. The summed E-state index contributed by atoms with van der Waals surface area (Å²) in [6, 6.07) is 6.51. The first-order valence-corrected chi connectivity index (χ1v) is 7.49. The average Bonchev–Trinajstić information content (AvgIpc) is 3.19. The molecular formula is C15H22BrNO2. The Morgan fingerprint density at radius 3 is 2.68 bits per heavy atom. The van der Waals surface area contributed by atoms with E-state index in [1.807, 2.05) is 18.2 Å². The van der Waals surface area contributed by atoms with Crippen LogP contribution < -0.4 is 14.8 Å². The van der Waals surface area contributed by atoms with Crippen LogP contribution in [-0.2, 0) is 0 Å². The van der Waals surface area contributed by atoms with Gasteiger partial charge in [-0.15, -0.1) is 0 Å². The highest BCUT2D eigenvalue weighted by molar-refractivity contribution is 9.10. The summed E-state index contributed by atoms with van der Waals surface area (Å²) in [5.74, 6) is 1.69. The largest absolute Gasteiger partial charge is 0.497 e. The van der Waals surface area contributed by atoms with E-state index in [1.165, 1.54) is 12.8 Å². The van der Waals surface area contributed by atoms with E-state index in [9.17, 15) is 0 Å². The Morgan fingerprint density at radius 2 is 2.11 bits per heavy atom. The summed E-state index contributed by atoms with van der Waals surface area (Å²) in [5, 5.41) is 3.55. The molecule has 106 valence electrons. The number of halogens is 1. The smallest absolute Gasteiger partial charge is 0.133 e. The second-order valence-electron chi connectivity index (χ2n) is 5.90. The van der Waals surface area contributed by atoms with E-state index in [0.29, 0.717) is 6.61 Å². The van der Waals surface area contributed by atoms with Crippen LogP contribution in [0.4, 0.5) is 0 Å². The van der Waals surface area contributed by atoms with E-state index in [1.54, 1.807) is 7.11 Å². The van der Waals surface area contributed by atoms with Gasteiger partial charge in [0.2, 0.25) is 0 Å². The van der Waals surface area contributed by atoms with Gasteiger partial charge in [0, 0.05) is 18.0 Å². The number of methoxy groups -OCH3 is 1. The van der Waals surface area contributed by atoms with Crippen LogP contribution in [0.5, 0.6) is 11.5 Å². The topological polar surface area (TPSA) is 30.5 Å². The zero-order valence-electron chi connectivity index (χ0n) is 11.8. The highest BCUT2D eigenvalue weighted by Crippen LogP contribution is 2.30. The van der Waals surface area contributed by atoms with Gasteiger partial charge in [-0.2, -0.15) is 0 Å². The Bertz CT molecular complexity index is 430. The molecule has 1 N–H and O–H groups in total. The van der Waals surface area contributed by atoms with Crippen molar-refractivity contribution >= 4 is 15.9 Å². The van der Waals surface area contributed by atoms with Gasteiger partial charge in [0.05, 0.1) is 18.2 Å². The summed E-state index contributed by atoms with van der Waals surface area (Å²) < 4.78 is 12.0. The van der Waals surface area contributed by atoms with Gasteiger partial charge in [0.25, 0.3) is 0 Å². The van der Waals surface area contributed by atoms with Crippen LogP contribution in [0.15, 0.2) is 22.7 Å². The minimum absolute atomic E-state index is 0.127. The Balaban J connectivity index is 1.86. The summed E-state index contributed by atoms with van der Waals surface area (Å²) >= 11 is 3.51. The van der Waals surface area contributed by atoms with Gasteiger partial charge in [-0.05, 0) is 47.0 Å². The molecule has 0 radical (unpaired) electrons. The Hall–Kier alpha value is -0.740. The number of ether oxygens (including phenoxy) is 2. The highest BCUT2D eigenvalue weighted by atomic mass is 79.9. The van der Waals surface area contributed by atoms with Crippen molar-refractivity contribution in [1.82, 2.24) is 5.32 Å². The summed E-state index contributed by atoms with van der Waals surface area (Å²) in [7, 11) is 1.66. The normalized spacial score (nSPS) is 15.4. The first-order chi connectivity index (χ1) is 9.00. The third-order valence-electron chi connectivity index (χ3n) is 3.20. The third-order valence-corrected chi connectivity index (χ3v) is 3.82. The van der Waals surface area contributed by atoms with E-state index < -0.39 is 0 Å². The molecule has 1 saturated carbocycles. The number of nitrogens with one attached hydrogen (secondary N) is 1. The highest BCUT2D eigenvalue weighted by Gasteiger charge is 2.25. The fourth-order valence-electron chi connectivity index (χ4n) is 1.76.